The van der Waals surface area contributed by atoms with Crippen molar-refractivity contribution in [2.45, 2.75) is 6.92 Å². The van der Waals surface area contributed by atoms with E-state index in [2.05, 4.69) is 20.3 Å². The van der Waals surface area contributed by atoms with Gasteiger partial charge in [-0.3, -0.25) is 4.84 Å². The van der Waals surface area contributed by atoms with Crippen LogP contribution in [0.15, 0.2) is 6.07 Å². The summed E-state index contributed by atoms with van der Waals surface area (Å²) in [5.41, 5.74) is 8.37. The molecule has 0 radical (unpaired) electrons. The minimum absolute atomic E-state index is 0.103. The van der Waals surface area contributed by atoms with E-state index in [9.17, 15) is 4.79 Å². The molecule has 4 N–H and O–H groups in total. The first kappa shape index (κ1) is 10.2. The van der Waals surface area contributed by atoms with Crippen molar-refractivity contribution in [1.29, 1.82) is 0 Å². The lowest BCUT2D eigenvalue weighted by atomic mass is 10.4. The Bertz CT molecular complexity index is 321. The third-order valence-electron chi connectivity index (χ3n) is 1.24. The maximum absolute atomic E-state index is 10.1. The number of nitrogen functional groups attached to an aromatic ring is 1. The van der Waals surface area contributed by atoms with Gasteiger partial charge >= 0.3 is 5.97 Å². The normalized spacial score (nSPS) is 9.79. The van der Waals surface area contributed by atoms with Gasteiger partial charge in [-0.15, -0.1) is 0 Å². The van der Waals surface area contributed by atoms with Crippen molar-refractivity contribution in [2.75, 3.05) is 17.8 Å². The van der Waals surface area contributed by atoms with Gasteiger partial charge in [0.05, 0.1) is 0 Å². The Morgan fingerprint density at radius 1 is 1.71 bits per heavy atom. The number of aliphatic carboxylic acids is 1. The van der Waals surface area contributed by atoms with Crippen LogP contribution in [0.4, 0.5) is 11.8 Å². The predicted molar refractivity (Wildman–Crippen MR) is 48.4 cm³/mol. The number of nitrogens with two attached hydrogens (primary N) is 1. The van der Waals surface area contributed by atoms with E-state index in [1.54, 1.807) is 13.0 Å². The van der Waals surface area contributed by atoms with Gasteiger partial charge in [0, 0.05) is 11.8 Å². The third-order valence-corrected chi connectivity index (χ3v) is 1.24. The molecule has 1 heterocycles. The lowest BCUT2D eigenvalue weighted by molar-refractivity contribution is -0.141. The fourth-order valence-corrected chi connectivity index (χ4v) is 0.816. The summed E-state index contributed by atoms with van der Waals surface area (Å²) < 4.78 is 0. The maximum atomic E-state index is 10.1. The molecule has 0 bridgehead atoms. The van der Waals surface area contributed by atoms with Crippen LogP contribution in [0.3, 0.4) is 0 Å². The molecule has 0 spiro atoms. The number of carbonyl (C=O) groups is 1. The zero-order valence-corrected chi connectivity index (χ0v) is 7.52. The largest absolute Gasteiger partial charge is 0.479 e. The SMILES string of the molecule is Cc1cc(NOCC(=O)O)nc(N)n1. The van der Waals surface area contributed by atoms with Crippen LogP contribution in [0.5, 0.6) is 0 Å². The van der Waals surface area contributed by atoms with Crippen molar-refractivity contribution in [1.82, 2.24) is 9.97 Å². The van der Waals surface area contributed by atoms with Gasteiger partial charge in [-0.2, -0.15) is 4.98 Å². The van der Waals surface area contributed by atoms with Crippen molar-refractivity contribution < 1.29 is 14.7 Å². The zero-order chi connectivity index (χ0) is 10.6. The number of aryl methyl sites for hydroxylation is 1. The molecule has 1 rings (SSSR count). The van der Waals surface area contributed by atoms with E-state index in [4.69, 9.17) is 10.8 Å². The number of hydrogen-bond donors (Lipinski definition) is 3. The highest BCUT2D eigenvalue weighted by atomic mass is 16.7. The summed E-state index contributed by atoms with van der Waals surface area (Å²) in [5, 5.41) is 8.28. The number of carboxylic acid groups (broad SMARTS) is 1. The van der Waals surface area contributed by atoms with Gasteiger partial charge in [0.1, 0.15) is 0 Å². The molecule has 0 aliphatic heterocycles. The van der Waals surface area contributed by atoms with E-state index in [1.165, 1.54) is 0 Å². The van der Waals surface area contributed by atoms with Crippen LogP contribution in [-0.4, -0.2) is 27.7 Å². The molecule has 1 aromatic rings. The minimum atomic E-state index is -1.07. The molecule has 0 fully saturated rings. The van der Waals surface area contributed by atoms with Crippen molar-refractivity contribution >= 4 is 17.7 Å². The van der Waals surface area contributed by atoms with Crippen molar-refractivity contribution in [3.05, 3.63) is 11.8 Å². The summed E-state index contributed by atoms with van der Waals surface area (Å²) >= 11 is 0. The molecule has 0 aliphatic carbocycles. The highest BCUT2D eigenvalue weighted by molar-refractivity contribution is 5.68. The van der Waals surface area contributed by atoms with Gasteiger partial charge in [-0.25, -0.2) is 15.3 Å². The lowest BCUT2D eigenvalue weighted by Gasteiger charge is -2.04. The van der Waals surface area contributed by atoms with E-state index >= 15 is 0 Å². The summed E-state index contributed by atoms with van der Waals surface area (Å²) in [4.78, 5) is 22.3. The van der Waals surface area contributed by atoms with Crippen LogP contribution in [-0.2, 0) is 9.63 Å². The molecule has 0 unspecified atom stereocenters. The number of hydrogen-bond acceptors (Lipinski definition) is 6. The number of nitrogens with zero attached hydrogens (tertiary/aromatic N) is 2. The van der Waals surface area contributed by atoms with Crippen LogP contribution in [0.2, 0.25) is 0 Å². The summed E-state index contributed by atoms with van der Waals surface area (Å²) in [6.45, 7) is 1.28. The first-order chi connectivity index (χ1) is 6.58. The molecule has 7 nitrogen and oxygen atoms in total. The van der Waals surface area contributed by atoms with Crippen LogP contribution in [0, 0.1) is 6.92 Å². The van der Waals surface area contributed by atoms with Crippen molar-refractivity contribution in [3.8, 4) is 0 Å². The lowest BCUT2D eigenvalue weighted by Crippen LogP contribution is -2.12. The first-order valence-electron chi connectivity index (χ1n) is 3.78. The van der Waals surface area contributed by atoms with Crippen LogP contribution < -0.4 is 11.2 Å². The second kappa shape index (κ2) is 4.38. The smallest absolute Gasteiger partial charge is 0.332 e. The Morgan fingerprint density at radius 3 is 3.00 bits per heavy atom. The molecule has 0 atom stereocenters. The minimum Gasteiger partial charge on any atom is -0.479 e. The Labute approximate surface area is 79.9 Å². The summed E-state index contributed by atoms with van der Waals surface area (Å²) in [5.74, 6) is -0.640. The average Bonchev–Trinajstić information content (AvgIpc) is 2.01. The third kappa shape index (κ3) is 3.23. The van der Waals surface area contributed by atoms with Gasteiger partial charge in [-0.1, -0.05) is 0 Å². The van der Waals surface area contributed by atoms with Gasteiger partial charge in [-0.05, 0) is 6.92 Å². The first-order valence-corrected chi connectivity index (χ1v) is 3.78. The summed E-state index contributed by atoms with van der Waals surface area (Å²) in [6, 6.07) is 1.58. The Hall–Kier alpha value is -1.89. The summed E-state index contributed by atoms with van der Waals surface area (Å²) in [7, 11) is 0. The Kier molecular flexibility index (Phi) is 3.19. The number of anilines is 2. The van der Waals surface area contributed by atoms with Gasteiger partial charge in [0.15, 0.2) is 12.4 Å². The van der Waals surface area contributed by atoms with E-state index < -0.39 is 12.6 Å². The molecule has 0 amide bonds. The second-order valence-electron chi connectivity index (χ2n) is 2.54. The monoisotopic (exact) mass is 198 g/mol. The van der Waals surface area contributed by atoms with E-state index in [0.29, 0.717) is 11.5 Å². The molecular formula is C7H10N4O3. The van der Waals surface area contributed by atoms with Crippen LogP contribution >= 0.6 is 0 Å². The molecule has 76 valence electrons. The van der Waals surface area contributed by atoms with Gasteiger partial charge < -0.3 is 10.8 Å². The van der Waals surface area contributed by atoms with E-state index in [0.717, 1.165) is 0 Å². The average molecular weight is 198 g/mol. The topological polar surface area (TPSA) is 110 Å². The molecule has 0 aliphatic rings. The fourth-order valence-electron chi connectivity index (χ4n) is 0.816. The zero-order valence-electron chi connectivity index (χ0n) is 7.52. The van der Waals surface area contributed by atoms with Gasteiger partial charge in [0.25, 0.3) is 0 Å². The molecule has 0 aromatic carbocycles. The molecule has 1 aromatic heterocycles. The number of rotatable bonds is 4. The van der Waals surface area contributed by atoms with Crippen LogP contribution in [0.25, 0.3) is 0 Å². The number of aromatic nitrogens is 2. The summed E-state index contributed by atoms with van der Waals surface area (Å²) in [6.07, 6.45) is 0. The fraction of sp³-hybridized carbons (Fsp3) is 0.286. The van der Waals surface area contributed by atoms with Gasteiger partial charge in [0.2, 0.25) is 5.95 Å². The highest BCUT2D eigenvalue weighted by Crippen LogP contribution is 2.06. The molecular weight excluding hydrogens is 188 g/mol. The maximum Gasteiger partial charge on any atom is 0.332 e. The molecule has 0 saturated heterocycles. The second-order valence-corrected chi connectivity index (χ2v) is 2.54. The van der Waals surface area contributed by atoms with E-state index in [-0.39, 0.29) is 5.95 Å². The Morgan fingerprint density at radius 2 is 2.43 bits per heavy atom. The quantitative estimate of drug-likeness (QED) is 0.574. The Balaban J connectivity index is 2.54. The highest BCUT2D eigenvalue weighted by Gasteiger charge is 2.00. The molecule has 0 saturated carbocycles. The molecule has 7 heteroatoms. The van der Waals surface area contributed by atoms with E-state index in [1.807, 2.05) is 0 Å². The predicted octanol–water partition coefficient (Wildman–Crippen LogP) is -0.205. The standard InChI is InChI=1S/C7H10N4O3/c1-4-2-5(10-7(8)9-4)11-14-3-6(12)13/h2H,3H2,1H3,(H,12,13)(H3,8,9,10,11). The van der Waals surface area contributed by atoms with Crippen molar-refractivity contribution in [2.24, 2.45) is 0 Å². The number of carboxylic acids is 1. The number of nitrogens with one attached hydrogen (secondary N) is 1. The van der Waals surface area contributed by atoms with Crippen molar-refractivity contribution in [3.63, 3.8) is 0 Å². The van der Waals surface area contributed by atoms with Crippen LogP contribution in [0.1, 0.15) is 5.69 Å². The molecule has 14 heavy (non-hydrogen) atoms.